The van der Waals surface area contributed by atoms with E-state index < -0.39 is 0 Å². The van der Waals surface area contributed by atoms with Crippen molar-refractivity contribution in [2.45, 2.75) is 18.7 Å². The van der Waals surface area contributed by atoms with Gasteiger partial charge in [-0.05, 0) is 0 Å². The van der Waals surface area contributed by atoms with E-state index in [2.05, 4.69) is 25.0 Å². The first-order valence-corrected chi connectivity index (χ1v) is 3.87. The Kier molecular flexibility index (Phi) is 2.54. The van der Waals surface area contributed by atoms with Gasteiger partial charge in [-0.1, -0.05) is 6.92 Å². The van der Waals surface area contributed by atoms with Gasteiger partial charge in [0.05, 0.1) is 0 Å². The first-order valence-electron chi connectivity index (χ1n) is 3.35. The molecule has 1 aliphatic heterocycles. The first kappa shape index (κ1) is 8.29. The maximum Gasteiger partial charge on any atom is 0.128 e. The Morgan fingerprint density at radius 2 is 2.30 bits per heavy atom. The molecule has 1 rings (SSSR count). The number of rotatable bonds is 1. The van der Waals surface area contributed by atoms with Gasteiger partial charge < -0.3 is 5.73 Å². The summed E-state index contributed by atoms with van der Waals surface area (Å²) in [6, 6.07) is 0. The zero-order valence-electron chi connectivity index (χ0n) is 6.28. The molecule has 5 heteroatoms. The van der Waals surface area contributed by atoms with Gasteiger partial charge in [0.1, 0.15) is 11.8 Å². The molecular weight excluding hydrogens is 148 g/mol. The molecule has 2 atom stereocenters. The number of hydrazine groups is 1. The van der Waals surface area contributed by atoms with E-state index in [1.165, 1.54) is 0 Å². The molecule has 1 aliphatic rings. The van der Waals surface area contributed by atoms with E-state index in [0.29, 0.717) is 0 Å². The normalized spacial score (nSPS) is 37.2. The summed E-state index contributed by atoms with van der Waals surface area (Å²) in [6.07, 6.45) is -0.0486. The second-order valence-corrected chi connectivity index (χ2v) is 2.85. The quantitative estimate of drug-likeness (QED) is 0.442. The lowest BCUT2D eigenvalue weighted by molar-refractivity contribution is 0.154. The van der Waals surface area contributed by atoms with Crippen LogP contribution in [0.15, 0.2) is 0 Å². The number of nitrogens with two attached hydrogens (primary N) is 1. The first-order chi connectivity index (χ1) is 4.66. The molecule has 0 aromatic rings. The highest BCUT2D eigenvalue weighted by atomic mass is 32.1. The summed E-state index contributed by atoms with van der Waals surface area (Å²) >= 11 is 4.28. The monoisotopic (exact) mass is 162 g/mol. The van der Waals surface area contributed by atoms with E-state index >= 15 is 0 Å². The molecule has 0 aromatic carbocycles. The third-order valence-corrected chi connectivity index (χ3v) is 2.15. The highest BCUT2D eigenvalue weighted by molar-refractivity contribution is 7.80. The van der Waals surface area contributed by atoms with Crippen LogP contribution in [0.3, 0.4) is 0 Å². The van der Waals surface area contributed by atoms with E-state index in [-0.39, 0.29) is 11.8 Å². The Labute approximate surface area is 66.7 Å². The fraction of sp³-hybridized carbons (Fsp3) is 1.00. The fourth-order valence-corrected chi connectivity index (χ4v) is 1.54. The molecule has 0 amide bonds. The topological polar surface area (TPSA) is 44.5 Å². The van der Waals surface area contributed by atoms with Crippen molar-refractivity contribution >= 4 is 12.6 Å². The summed E-state index contributed by atoms with van der Waals surface area (Å²) in [5.41, 5.74) is 8.89. The lowest BCUT2D eigenvalue weighted by Gasteiger charge is -2.21. The third-order valence-electron chi connectivity index (χ3n) is 1.73. The van der Waals surface area contributed by atoms with Crippen molar-refractivity contribution in [2.75, 3.05) is 13.6 Å². The highest BCUT2D eigenvalue weighted by Crippen LogP contribution is 2.11. The van der Waals surface area contributed by atoms with Gasteiger partial charge in [-0.15, -0.1) is 12.6 Å². The second kappa shape index (κ2) is 3.06. The van der Waals surface area contributed by atoms with Gasteiger partial charge in [0.2, 0.25) is 0 Å². The van der Waals surface area contributed by atoms with E-state index in [9.17, 15) is 0 Å². The predicted octanol–water partition coefficient (Wildman–Crippen LogP) is -0.786. The summed E-state index contributed by atoms with van der Waals surface area (Å²) in [7, 11) is 1.91. The molecule has 0 aliphatic carbocycles. The van der Waals surface area contributed by atoms with Crippen LogP contribution < -0.4 is 11.2 Å². The summed E-state index contributed by atoms with van der Waals surface area (Å²) in [6.45, 7) is 2.97. The van der Waals surface area contributed by atoms with E-state index in [1.54, 1.807) is 0 Å². The molecule has 0 radical (unpaired) electrons. The molecule has 4 nitrogen and oxygen atoms in total. The molecule has 1 heterocycles. The maximum atomic E-state index is 5.76. The van der Waals surface area contributed by atoms with Gasteiger partial charge in [-0.25, -0.2) is 15.3 Å². The SMILES string of the molecule is CCN1C(S)NN(C)C1N. The highest BCUT2D eigenvalue weighted by Gasteiger charge is 2.30. The van der Waals surface area contributed by atoms with Crippen molar-refractivity contribution in [1.29, 1.82) is 0 Å². The number of nitrogens with zero attached hydrogens (tertiary/aromatic N) is 2. The van der Waals surface area contributed by atoms with Gasteiger partial charge in [0.15, 0.2) is 0 Å². The van der Waals surface area contributed by atoms with Gasteiger partial charge in [-0.2, -0.15) is 0 Å². The number of hydrogen-bond acceptors (Lipinski definition) is 5. The molecule has 2 unspecified atom stereocenters. The molecule has 60 valence electrons. The van der Waals surface area contributed by atoms with Crippen LogP contribution in [0.25, 0.3) is 0 Å². The average Bonchev–Trinajstić information content (AvgIpc) is 2.09. The summed E-state index contributed by atoms with van der Waals surface area (Å²) in [5, 5.41) is 1.85. The van der Waals surface area contributed by atoms with E-state index in [1.807, 2.05) is 17.0 Å². The molecule has 0 spiro atoms. The molecule has 10 heavy (non-hydrogen) atoms. The Morgan fingerprint density at radius 3 is 2.50 bits per heavy atom. The van der Waals surface area contributed by atoms with E-state index in [0.717, 1.165) is 6.54 Å². The Balaban J connectivity index is 2.55. The summed E-state index contributed by atoms with van der Waals surface area (Å²) in [4.78, 5) is 2.04. The lowest BCUT2D eigenvalue weighted by Crippen LogP contribution is -2.45. The summed E-state index contributed by atoms with van der Waals surface area (Å²) < 4.78 is 0. The number of thiol groups is 1. The predicted molar refractivity (Wildman–Crippen MR) is 44.0 cm³/mol. The molecule has 3 N–H and O–H groups in total. The van der Waals surface area contributed by atoms with Crippen LogP contribution in [0.1, 0.15) is 6.92 Å². The molecule has 0 bridgehead atoms. The largest absolute Gasteiger partial charge is 0.302 e. The third kappa shape index (κ3) is 1.28. The van der Waals surface area contributed by atoms with Crippen molar-refractivity contribution in [3.8, 4) is 0 Å². The molecule has 1 saturated heterocycles. The van der Waals surface area contributed by atoms with Gasteiger partial charge in [-0.3, -0.25) is 0 Å². The lowest BCUT2D eigenvalue weighted by atomic mass is 10.6. The minimum atomic E-state index is -0.0486. The minimum absolute atomic E-state index is 0.0486. The van der Waals surface area contributed by atoms with Gasteiger partial charge in [0, 0.05) is 13.6 Å². The minimum Gasteiger partial charge on any atom is -0.302 e. The second-order valence-electron chi connectivity index (χ2n) is 2.36. The van der Waals surface area contributed by atoms with Crippen molar-refractivity contribution in [2.24, 2.45) is 5.73 Å². The molecular formula is C5H14N4S. The number of hydrogen-bond donors (Lipinski definition) is 3. The van der Waals surface area contributed by atoms with Crippen LogP contribution in [0.5, 0.6) is 0 Å². The van der Waals surface area contributed by atoms with Crippen LogP contribution in [-0.2, 0) is 0 Å². The van der Waals surface area contributed by atoms with Crippen molar-refractivity contribution in [1.82, 2.24) is 15.3 Å². The standard InChI is InChI=1S/C5H14N4S/c1-3-9-4(6)8(2)7-5(9)10/h4-5,7,10H,3,6H2,1-2H3. The van der Waals surface area contributed by atoms with Crippen LogP contribution in [-0.4, -0.2) is 35.3 Å². The van der Waals surface area contributed by atoms with Crippen LogP contribution in [0, 0.1) is 0 Å². The molecule has 1 fully saturated rings. The Hall–Kier alpha value is 0.190. The van der Waals surface area contributed by atoms with E-state index in [4.69, 9.17) is 5.73 Å². The Bertz CT molecular complexity index is 120. The van der Waals surface area contributed by atoms with Gasteiger partial charge >= 0.3 is 0 Å². The average molecular weight is 162 g/mol. The van der Waals surface area contributed by atoms with Crippen molar-refractivity contribution in [3.63, 3.8) is 0 Å². The van der Waals surface area contributed by atoms with Crippen LogP contribution in [0.2, 0.25) is 0 Å². The zero-order valence-corrected chi connectivity index (χ0v) is 7.18. The molecule has 0 aromatic heterocycles. The Morgan fingerprint density at radius 1 is 1.70 bits per heavy atom. The zero-order chi connectivity index (χ0) is 7.72. The van der Waals surface area contributed by atoms with Crippen molar-refractivity contribution in [3.05, 3.63) is 0 Å². The van der Waals surface area contributed by atoms with Gasteiger partial charge in [0.25, 0.3) is 0 Å². The smallest absolute Gasteiger partial charge is 0.128 e. The summed E-state index contributed by atoms with van der Waals surface area (Å²) in [5.74, 6) is 0. The number of nitrogens with one attached hydrogen (secondary N) is 1. The van der Waals surface area contributed by atoms with Crippen LogP contribution >= 0.6 is 12.6 Å². The van der Waals surface area contributed by atoms with Crippen LogP contribution in [0.4, 0.5) is 0 Å². The fourth-order valence-electron chi connectivity index (χ4n) is 1.06. The maximum absolute atomic E-state index is 5.76. The van der Waals surface area contributed by atoms with Crippen molar-refractivity contribution < 1.29 is 0 Å². The molecule has 0 saturated carbocycles.